The fourth-order valence-corrected chi connectivity index (χ4v) is 5.71. The van der Waals surface area contributed by atoms with Crippen LogP contribution in [0.5, 0.6) is 0 Å². The maximum Gasteiger partial charge on any atom is 0.194 e. The largest absolute Gasteiger partial charge is 0.400 e. The summed E-state index contributed by atoms with van der Waals surface area (Å²) in [6.45, 7) is 16.4. The van der Waals surface area contributed by atoms with E-state index in [-0.39, 0.29) is 5.60 Å². The van der Waals surface area contributed by atoms with Crippen LogP contribution in [-0.2, 0) is 4.43 Å². The number of allylic oxidation sites excluding steroid dienone is 1. The Labute approximate surface area is 127 Å². The van der Waals surface area contributed by atoms with Gasteiger partial charge in [-0.15, -0.1) is 19.1 Å². The third kappa shape index (κ3) is 5.69. The predicted octanol–water partition coefficient (Wildman–Crippen LogP) is 5.70. The van der Waals surface area contributed by atoms with Crippen molar-refractivity contribution in [2.24, 2.45) is 0 Å². The van der Waals surface area contributed by atoms with Gasteiger partial charge >= 0.3 is 0 Å². The Morgan fingerprint density at radius 1 is 1.10 bits per heavy atom. The van der Waals surface area contributed by atoms with Crippen LogP contribution in [-0.4, -0.2) is 13.9 Å². The van der Waals surface area contributed by atoms with Gasteiger partial charge in [-0.3, -0.25) is 0 Å². The van der Waals surface area contributed by atoms with Crippen LogP contribution in [0.25, 0.3) is 0 Å². The molecule has 0 aromatic rings. The van der Waals surface area contributed by atoms with Crippen molar-refractivity contribution in [3.63, 3.8) is 0 Å². The standard InChI is InChI=1S/C18H32OSi/c1-7-13-14-17-18(15-8-2,16-9-3)19-20(10-4,11-5)12-6/h7-8H,1-2,10-15,17H2,3-6H3. The van der Waals surface area contributed by atoms with Gasteiger partial charge in [-0.25, -0.2) is 0 Å². The highest BCUT2D eigenvalue weighted by Gasteiger charge is 2.38. The van der Waals surface area contributed by atoms with E-state index in [4.69, 9.17) is 4.43 Å². The minimum Gasteiger partial charge on any atom is -0.400 e. The molecule has 0 N–H and O–H groups in total. The lowest BCUT2D eigenvalue weighted by atomic mass is 9.93. The number of unbranched alkanes of at least 4 members (excludes halogenated alkanes) is 1. The third-order valence-corrected chi connectivity index (χ3v) is 8.85. The van der Waals surface area contributed by atoms with Crippen LogP contribution in [0.3, 0.4) is 0 Å². The monoisotopic (exact) mass is 292 g/mol. The molecule has 0 spiro atoms. The van der Waals surface area contributed by atoms with Crippen molar-refractivity contribution >= 4 is 8.32 Å². The lowest BCUT2D eigenvalue weighted by Gasteiger charge is -2.39. The number of hydrogen-bond donors (Lipinski definition) is 0. The first-order chi connectivity index (χ1) is 9.57. The summed E-state index contributed by atoms with van der Waals surface area (Å²) in [5.74, 6) is 6.46. The molecule has 0 amide bonds. The molecule has 0 fully saturated rings. The molecule has 0 heterocycles. The van der Waals surface area contributed by atoms with Gasteiger partial charge in [0.15, 0.2) is 8.32 Å². The molecule has 0 aromatic carbocycles. The fourth-order valence-electron chi connectivity index (χ4n) is 2.71. The summed E-state index contributed by atoms with van der Waals surface area (Å²) in [5.41, 5.74) is -0.326. The Morgan fingerprint density at radius 3 is 2.10 bits per heavy atom. The van der Waals surface area contributed by atoms with Gasteiger partial charge < -0.3 is 4.43 Å². The Kier molecular flexibility index (Phi) is 9.63. The Morgan fingerprint density at radius 2 is 1.70 bits per heavy atom. The van der Waals surface area contributed by atoms with Crippen LogP contribution >= 0.6 is 0 Å². The quantitative estimate of drug-likeness (QED) is 0.205. The maximum absolute atomic E-state index is 6.76. The molecule has 2 heteroatoms. The molecule has 1 atom stereocenters. The van der Waals surface area contributed by atoms with E-state index in [0.29, 0.717) is 0 Å². The van der Waals surface area contributed by atoms with E-state index in [1.54, 1.807) is 0 Å². The zero-order valence-electron chi connectivity index (χ0n) is 13.9. The Hall–Kier alpha value is -0.783. The summed E-state index contributed by atoms with van der Waals surface area (Å²) in [6, 6.07) is 3.48. The molecule has 20 heavy (non-hydrogen) atoms. The first-order valence-corrected chi connectivity index (χ1v) is 10.5. The van der Waals surface area contributed by atoms with Gasteiger partial charge in [-0.05, 0) is 44.3 Å². The van der Waals surface area contributed by atoms with Gasteiger partial charge in [0.25, 0.3) is 0 Å². The van der Waals surface area contributed by atoms with E-state index in [9.17, 15) is 0 Å². The molecule has 0 bridgehead atoms. The fraction of sp³-hybridized carbons (Fsp3) is 0.667. The molecule has 1 unspecified atom stereocenters. The Balaban J connectivity index is 5.27. The van der Waals surface area contributed by atoms with Crippen molar-refractivity contribution in [1.82, 2.24) is 0 Å². The van der Waals surface area contributed by atoms with E-state index in [2.05, 4.69) is 45.8 Å². The van der Waals surface area contributed by atoms with E-state index in [1.165, 1.54) is 0 Å². The molecule has 0 aromatic heterocycles. The van der Waals surface area contributed by atoms with Gasteiger partial charge in [0.1, 0.15) is 5.60 Å². The molecule has 0 saturated carbocycles. The van der Waals surface area contributed by atoms with E-state index in [1.807, 2.05) is 19.1 Å². The highest BCUT2D eigenvalue weighted by atomic mass is 28.4. The van der Waals surface area contributed by atoms with Crippen molar-refractivity contribution in [3.05, 3.63) is 25.3 Å². The zero-order chi connectivity index (χ0) is 15.5. The molecule has 0 aliphatic heterocycles. The van der Waals surface area contributed by atoms with Crippen molar-refractivity contribution in [2.75, 3.05) is 0 Å². The average Bonchev–Trinajstić information content (AvgIpc) is 2.46. The molecule has 0 rings (SSSR count). The summed E-state index contributed by atoms with van der Waals surface area (Å²) in [5, 5.41) is 0. The summed E-state index contributed by atoms with van der Waals surface area (Å²) >= 11 is 0. The van der Waals surface area contributed by atoms with E-state index >= 15 is 0 Å². The van der Waals surface area contributed by atoms with Crippen molar-refractivity contribution < 1.29 is 4.43 Å². The van der Waals surface area contributed by atoms with Gasteiger partial charge in [0, 0.05) is 6.42 Å². The minimum absolute atomic E-state index is 0.326. The van der Waals surface area contributed by atoms with E-state index < -0.39 is 8.32 Å². The second kappa shape index (κ2) is 10.0. The van der Waals surface area contributed by atoms with Crippen LogP contribution in [0.4, 0.5) is 0 Å². The first-order valence-electron chi connectivity index (χ1n) is 7.93. The second-order valence-corrected chi connectivity index (χ2v) is 10.1. The molecule has 0 aliphatic rings. The normalized spacial score (nSPS) is 14.0. The van der Waals surface area contributed by atoms with Crippen molar-refractivity contribution in [1.29, 1.82) is 0 Å². The van der Waals surface area contributed by atoms with Gasteiger partial charge in [0.05, 0.1) is 0 Å². The topological polar surface area (TPSA) is 9.23 Å². The molecule has 1 nitrogen and oxygen atoms in total. The summed E-state index contributed by atoms with van der Waals surface area (Å²) < 4.78 is 6.76. The molecule has 0 saturated heterocycles. The summed E-state index contributed by atoms with van der Waals surface area (Å²) in [4.78, 5) is 0. The van der Waals surface area contributed by atoms with E-state index in [0.717, 1.165) is 43.8 Å². The number of rotatable bonds is 11. The maximum atomic E-state index is 6.76. The average molecular weight is 293 g/mol. The first kappa shape index (κ1) is 19.2. The second-order valence-electron chi connectivity index (χ2n) is 5.39. The highest BCUT2D eigenvalue weighted by Crippen LogP contribution is 2.33. The van der Waals surface area contributed by atoms with Crippen LogP contribution in [0, 0.1) is 11.8 Å². The van der Waals surface area contributed by atoms with Crippen molar-refractivity contribution in [2.45, 2.75) is 77.1 Å². The highest BCUT2D eigenvalue weighted by molar-refractivity contribution is 6.73. The molecular weight excluding hydrogens is 260 g/mol. The van der Waals surface area contributed by atoms with Gasteiger partial charge in [-0.1, -0.05) is 38.8 Å². The molecular formula is C18H32OSi. The lowest BCUT2D eigenvalue weighted by Crippen LogP contribution is -2.46. The Bertz CT molecular complexity index is 338. The van der Waals surface area contributed by atoms with Crippen LogP contribution in [0.2, 0.25) is 18.1 Å². The minimum atomic E-state index is -1.66. The predicted molar refractivity (Wildman–Crippen MR) is 93.3 cm³/mol. The molecule has 114 valence electrons. The smallest absolute Gasteiger partial charge is 0.194 e. The van der Waals surface area contributed by atoms with Crippen LogP contribution < -0.4 is 0 Å². The summed E-state index contributed by atoms with van der Waals surface area (Å²) in [7, 11) is -1.66. The van der Waals surface area contributed by atoms with Crippen molar-refractivity contribution in [3.8, 4) is 11.8 Å². The summed E-state index contributed by atoms with van der Waals surface area (Å²) in [6.07, 6.45) is 7.82. The van der Waals surface area contributed by atoms with Gasteiger partial charge in [-0.2, -0.15) is 0 Å². The van der Waals surface area contributed by atoms with Gasteiger partial charge in [0.2, 0.25) is 0 Å². The van der Waals surface area contributed by atoms with Crippen LogP contribution in [0.15, 0.2) is 25.3 Å². The molecule has 0 radical (unpaired) electrons. The number of hydrogen-bond acceptors (Lipinski definition) is 1. The molecule has 0 aliphatic carbocycles. The van der Waals surface area contributed by atoms with Crippen LogP contribution in [0.1, 0.15) is 53.4 Å². The lowest BCUT2D eigenvalue weighted by molar-refractivity contribution is 0.107. The third-order valence-electron chi connectivity index (χ3n) is 4.16. The zero-order valence-corrected chi connectivity index (χ0v) is 14.9. The SMILES string of the molecule is C=CCCCC(C#CC)(CC=C)O[Si](CC)(CC)CC.